The Hall–Kier alpha value is -2.12. The zero-order chi connectivity index (χ0) is 18.2. The van der Waals surface area contributed by atoms with Crippen LogP contribution in [0, 0.1) is 11.6 Å². The van der Waals surface area contributed by atoms with Gasteiger partial charge in [-0.2, -0.15) is 0 Å². The average Bonchev–Trinajstić information content (AvgIpc) is 2.57. The van der Waals surface area contributed by atoms with E-state index in [-0.39, 0.29) is 11.7 Å². The van der Waals surface area contributed by atoms with Gasteiger partial charge in [0.2, 0.25) is 5.91 Å². The Labute approximate surface area is 150 Å². The highest BCUT2D eigenvalue weighted by molar-refractivity contribution is 8.00. The highest BCUT2D eigenvalue weighted by Gasteiger charge is 2.07. The third kappa shape index (κ3) is 6.72. The molecular formula is C18H20F2N2O2S. The molecule has 2 rings (SSSR count). The SMILES string of the molecule is CN(C)CCOc1ccc(NC(=O)CSc2ccc(F)c(F)c2)cc1. The molecule has 0 unspecified atom stereocenters. The minimum absolute atomic E-state index is 0.103. The lowest BCUT2D eigenvalue weighted by molar-refractivity contribution is -0.113. The van der Waals surface area contributed by atoms with Crippen molar-refractivity contribution in [2.45, 2.75) is 4.90 Å². The Balaban J connectivity index is 1.78. The summed E-state index contributed by atoms with van der Waals surface area (Å²) in [6.07, 6.45) is 0. The molecule has 4 nitrogen and oxygen atoms in total. The van der Waals surface area contributed by atoms with E-state index in [9.17, 15) is 13.6 Å². The van der Waals surface area contributed by atoms with E-state index in [4.69, 9.17) is 4.74 Å². The van der Waals surface area contributed by atoms with Crippen molar-refractivity contribution in [2.24, 2.45) is 0 Å². The second-order valence-electron chi connectivity index (χ2n) is 5.59. The molecule has 134 valence electrons. The molecule has 0 atom stereocenters. The maximum absolute atomic E-state index is 13.1. The summed E-state index contributed by atoms with van der Waals surface area (Å²) in [6.45, 7) is 1.41. The molecule has 0 saturated carbocycles. The summed E-state index contributed by atoms with van der Waals surface area (Å²) in [5, 5.41) is 2.75. The fourth-order valence-corrected chi connectivity index (χ4v) is 2.61. The van der Waals surface area contributed by atoms with Crippen LogP contribution in [0.2, 0.25) is 0 Å². The number of likely N-dealkylation sites (N-methyl/N-ethyl adjacent to an activating group) is 1. The normalized spacial score (nSPS) is 10.8. The lowest BCUT2D eigenvalue weighted by atomic mass is 10.3. The number of anilines is 1. The molecule has 0 aromatic heterocycles. The number of nitrogens with one attached hydrogen (secondary N) is 1. The highest BCUT2D eigenvalue weighted by Crippen LogP contribution is 2.21. The van der Waals surface area contributed by atoms with E-state index in [2.05, 4.69) is 5.32 Å². The van der Waals surface area contributed by atoms with Gasteiger partial charge in [0.05, 0.1) is 5.75 Å². The fraction of sp³-hybridized carbons (Fsp3) is 0.278. The van der Waals surface area contributed by atoms with Crippen molar-refractivity contribution < 1.29 is 18.3 Å². The highest BCUT2D eigenvalue weighted by atomic mass is 32.2. The predicted octanol–water partition coefficient (Wildman–Crippen LogP) is 3.64. The summed E-state index contributed by atoms with van der Waals surface area (Å²) in [6, 6.07) is 10.6. The molecule has 0 heterocycles. The first-order valence-electron chi connectivity index (χ1n) is 7.69. The molecule has 0 aliphatic heterocycles. The van der Waals surface area contributed by atoms with E-state index in [0.29, 0.717) is 17.2 Å². The third-order valence-electron chi connectivity index (χ3n) is 3.21. The van der Waals surface area contributed by atoms with E-state index in [0.717, 1.165) is 36.2 Å². The second-order valence-corrected chi connectivity index (χ2v) is 6.64. The summed E-state index contributed by atoms with van der Waals surface area (Å²) in [7, 11) is 3.95. The Morgan fingerprint density at radius 2 is 1.84 bits per heavy atom. The van der Waals surface area contributed by atoms with Gasteiger partial charge in [0.15, 0.2) is 11.6 Å². The molecule has 0 aliphatic carbocycles. The number of halogens is 2. The lowest BCUT2D eigenvalue weighted by Gasteiger charge is -2.11. The zero-order valence-electron chi connectivity index (χ0n) is 14.1. The Morgan fingerprint density at radius 3 is 2.48 bits per heavy atom. The number of benzene rings is 2. The quantitative estimate of drug-likeness (QED) is 0.725. The van der Waals surface area contributed by atoms with Crippen LogP contribution in [0.25, 0.3) is 0 Å². The lowest BCUT2D eigenvalue weighted by Crippen LogP contribution is -2.19. The molecule has 2 aromatic rings. The van der Waals surface area contributed by atoms with Gasteiger partial charge in [0.25, 0.3) is 0 Å². The van der Waals surface area contributed by atoms with Crippen LogP contribution in [-0.4, -0.2) is 43.8 Å². The molecule has 0 saturated heterocycles. The van der Waals surface area contributed by atoms with E-state index in [1.54, 1.807) is 24.3 Å². The number of hydrogen-bond donors (Lipinski definition) is 1. The minimum Gasteiger partial charge on any atom is -0.492 e. The maximum Gasteiger partial charge on any atom is 0.234 e. The topological polar surface area (TPSA) is 41.6 Å². The summed E-state index contributed by atoms with van der Waals surface area (Å²) >= 11 is 1.14. The second kappa shape index (κ2) is 9.39. The van der Waals surface area contributed by atoms with Crippen LogP contribution in [0.15, 0.2) is 47.4 Å². The molecular weight excluding hydrogens is 346 g/mol. The number of carbonyl (C=O) groups excluding carboxylic acids is 1. The molecule has 0 aliphatic rings. The summed E-state index contributed by atoms with van der Waals surface area (Å²) in [5.74, 6) is -1.21. The molecule has 1 amide bonds. The molecule has 0 bridgehead atoms. The van der Waals surface area contributed by atoms with Gasteiger partial charge in [0.1, 0.15) is 12.4 Å². The van der Waals surface area contributed by atoms with Crippen molar-refractivity contribution in [2.75, 3.05) is 38.3 Å². The maximum atomic E-state index is 13.1. The summed E-state index contributed by atoms with van der Waals surface area (Å²) in [4.78, 5) is 14.5. The summed E-state index contributed by atoms with van der Waals surface area (Å²) in [5.41, 5.74) is 0.649. The molecule has 7 heteroatoms. The molecule has 0 radical (unpaired) electrons. The average molecular weight is 366 g/mol. The monoisotopic (exact) mass is 366 g/mol. The molecule has 2 aromatic carbocycles. The van der Waals surface area contributed by atoms with Gasteiger partial charge >= 0.3 is 0 Å². The van der Waals surface area contributed by atoms with E-state index >= 15 is 0 Å². The van der Waals surface area contributed by atoms with Crippen molar-refractivity contribution in [3.8, 4) is 5.75 Å². The molecule has 0 fully saturated rings. The van der Waals surface area contributed by atoms with Gasteiger partial charge in [-0.15, -0.1) is 11.8 Å². The zero-order valence-corrected chi connectivity index (χ0v) is 14.9. The number of hydrogen-bond acceptors (Lipinski definition) is 4. The van der Waals surface area contributed by atoms with Crippen molar-refractivity contribution in [3.05, 3.63) is 54.1 Å². The van der Waals surface area contributed by atoms with Crippen LogP contribution in [0.3, 0.4) is 0 Å². The Morgan fingerprint density at radius 1 is 1.12 bits per heavy atom. The number of ether oxygens (including phenoxy) is 1. The van der Waals surface area contributed by atoms with Crippen LogP contribution < -0.4 is 10.1 Å². The van der Waals surface area contributed by atoms with Gasteiger partial charge in [-0.25, -0.2) is 8.78 Å². The van der Waals surface area contributed by atoms with Crippen LogP contribution in [-0.2, 0) is 4.79 Å². The fourth-order valence-electron chi connectivity index (χ4n) is 1.89. The van der Waals surface area contributed by atoms with Gasteiger partial charge in [-0.1, -0.05) is 0 Å². The molecule has 0 spiro atoms. The van der Waals surface area contributed by atoms with Crippen molar-refractivity contribution in [3.63, 3.8) is 0 Å². The first-order chi connectivity index (χ1) is 11.9. The molecule has 25 heavy (non-hydrogen) atoms. The van der Waals surface area contributed by atoms with Gasteiger partial charge in [-0.3, -0.25) is 4.79 Å². The third-order valence-corrected chi connectivity index (χ3v) is 4.20. The standard InChI is InChI=1S/C18H20F2N2O2S/c1-22(2)9-10-24-14-5-3-13(4-6-14)21-18(23)12-25-15-7-8-16(19)17(20)11-15/h3-8,11H,9-10,12H2,1-2H3,(H,21,23). The van der Waals surface area contributed by atoms with E-state index < -0.39 is 11.6 Å². The largest absolute Gasteiger partial charge is 0.492 e. The van der Waals surface area contributed by atoms with Crippen molar-refractivity contribution in [1.29, 1.82) is 0 Å². The minimum atomic E-state index is -0.921. The predicted molar refractivity (Wildman–Crippen MR) is 96.2 cm³/mol. The number of rotatable bonds is 8. The number of nitrogens with zero attached hydrogens (tertiary/aromatic N) is 1. The number of amides is 1. The van der Waals surface area contributed by atoms with Crippen LogP contribution >= 0.6 is 11.8 Å². The Bertz CT molecular complexity index is 709. The Kier molecular flexibility index (Phi) is 7.21. The first-order valence-corrected chi connectivity index (χ1v) is 8.68. The van der Waals surface area contributed by atoms with Crippen molar-refractivity contribution in [1.82, 2.24) is 4.90 Å². The van der Waals surface area contributed by atoms with E-state index in [1.807, 2.05) is 19.0 Å². The molecule has 1 N–H and O–H groups in total. The number of thioether (sulfide) groups is 1. The van der Waals surface area contributed by atoms with Crippen LogP contribution in [0.1, 0.15) is 0 Å². The van der Waals surface area contributed by atoms with Gasteiger partial charge in [-0.05, 0) is 56.6 Å². The van der Waals surface area contributed by atoms with Crippen molar-refractivity contribution >= 4 is 23.4 Å². The van der Waals surface area contributed by atoms with E-state index in [1.165, 1.54) is 6.07 Å². The first kappa shape index (κ1) is 19.2. The van der Waals surface area contributed by atoms with Crippen LogP contribution in [0.4, 0.5) is 14.5 Å². The summed E-state index contributed by atoms with van der Waals surface area (Å²) < 4.78 is 31.6. The van der Waals surface area contributed by atoms with Gasteiger partial charge < -0.3 is 15.0 Å². The smallest absolute Gasteiger partial charge is 0.234 e. The van der Waals surface area contributed by atoms with Crippen LogP contribution in [0.5, 0.6) is 5.75 Å². The number of carbonyl (C=O) groups is 1. The van der Waals surface area contributed by atoms with Gasteiger partial charge in [0, 0.05) is 17.1 Å².